The Morgan fingerprint density at radius 1 is 1.15 bits per heavy atom. The van der Waals surface area contributed by atoms with Gasteiger partial charge >= 0.3 is 6.18 Å². The largest absolute Gasteiger partial charge is 0.418 e. The minimum atomic E-state index is -4.45. The molecule has 0 spiro atoms. The number of aryl methyl sites for hydroxylation is 3. The fourth-order valence-corrected chi connectivity index (χ4v) is 4.25. The van der Waals surface area contributed by atoms with Gasteiger partial charge in [-0.3, -0.25) is 4.79 Å². The van der Waals surface area contributed by atoms with E-state index in [2.05, 4.69) is 9.71 Å². The van der Waals surface area contributed by atoms with E-state index >= 15 is 0 Å². The van der Waals surface area contributed by atoms with Gasteiger partial charge < -0.3 is 14.6 Å². The summed E-state index contributed by atoms with van der Waals surface area (Å²) in [7, 11) is 0. The second kappa shape index (κ2) is 7.50. The zero-order chi connectivity index (χ0) is 19.8. The van der Waals surface area contributed by atoms with Gasteiger partial charge in [0.05, 0.1) is 21.7 Å². The number of aromatic amines is 1. The molecule has 2 heterocycles. The first kappa shape index (κ1) is 19.7. The summed E-state index contributed by atoms with van der Waals surface area (Å²) in [5.74, 6) is -0.0707. The molecule has 8 heteroatoms. The summed E-state index contributed by atoms with van der Waals surface area (Å²) in [6, 6.07) is 4.17. The normalized spacial score (nSPS) is 14.7. The highest BCUT2D eigenvalue weighted by atomic mass is 32.2. The van der Waals surface area contributed by atoms with Crippen molar-refractivity contribution in [3.05, 3.63) is 46.3 Å². The number of carbonyl (C=O) groups is 1. The van der Waals surface area contributed by atoms with Crippen LogP contribution in [-0.4, -0.2) is 28.9 Å². The summed E-state index contributed by atoms with van der Waals surface area (Å²) in [6.45, 7) is 6.69. The Morgan fingerprint density at radius 2 is 1.81 bits per heavy atom. The smallest absolute Gasteiger partial charge is 0.361 e. The van der Waals surface area contributed by atoms with Gasteiger partial charge in [-0.05, 0) is 57.7 Å². The lowest BCUT2D eigenvalue weighted by Gasteiger charge is -2.18. The fraction of sp³-hybridized carbons (Fsp3) is 0.421. The van der Waals surface area contributed by atoms with E-state index in [4.69, 9.17) is 0 Å². The number of H-pyrrole nitrogens is 1. The van der Waals surface area contributed by atoms with Gasteiger partial charge in [0.15, 0.2) is 0 Å². The third kappa shape index (κ3) is 4.10. The van der Waals surface area contributed by atoms with Crippen LogP contribution in [0.25, 0.3) is 0 Å². The second-order valence-electron chi connectivity index (χ2n) is 6.83. The third-order valence-corrected chi connectivity index (χ3v) is 5.70. The van der Waals surface area contributed by atoms with Crippen LogP contribution in [0.5, 0.6) is 0 Å². The minimum Gasteiger partial charge on any atom is -0.361 e. The molecule has 1 aliphatic rings. The molecule has 0 bridgehead atoms. The van der Waals surface area contributed by atoms with Crippen LogP contribution in [-0.2, 0) is 6.18 Å². The number of amides is 1. The average Bonchev–Trinajstić information content (AvgIpc) is 3.20. The number of alkyl halides is 3. The maximum Gasteiger partial charge on any atom is 0.418 e. The molecule has 4 nitrogen and oxygen atoms in total. The molecule has 2 N–H and O–H groups in total. The van der Waals surface area contributed by atoms with Crippen molar-refractivity contribution < 1.29 is 18.0 Å². The number of hydrogen-bond acceptors (Lipinski definition) is 3. The number of anilines is 1. The zero-order valence-corrected chi connectivity index (χ0v) is 16.3. The van der Waals surface area contributed by atoms with Crippen molar-refractivity contribution in [2.45, 2.75) is 44.7 Å². The minimum absolute atomic E-state index is 0.0177. The number of benzene rings is 1. The topological polar surface area (TPSA) is 48.1 Å². The number of nitrogens with one attached hydrogen (secondary N) is 2. The number of likely N-dealkylation sites (tertiary alicyclic amines) is 1. The van der Waals surface area contributed by atoms with Crippen molar-refractivity contribution in [2.75, 3.05) is 17.8 Å². The highest BCUT2D eigenvalue weighted by Gasteiger charge is 2.34. The van der Waals surface area contributed by atoms with Crippen molar-refractivity contribution in [2.24, 2.45) is 0 Å². The van der Waals surface area contributed by atoms with Crippen LogP contribution >= 0.6 is 11.9 Å². The van der Waals surface area contributed by atoms with Gasteiger partial charge in [-0.2, -0.15) is 13.2 Å². The molecule has 27 heavy (non-hydrogen) atoms. The molecule has 1 aromatic heterocycles. The van der Waals surface area contributed by atoms with Crippen molar-refractivity contribution in [3.8, 4) is 0 Å². The first-order valence-corrected chi connectivity index (χ1v) is 9.59. The fourth-order valence-electron chi connectivity index (χ4n) is 3.31. The van der Waals surface area contributed by atoms with Gasteiger partial charge in [0.25, 0.3) is 5.91 Å². The summed E-state index contributed by atoms with van der Waals surface area (Å²) in [4.78, 5) is 18.4. The molecule has 146 valence electrons. The Hall–Kier alpha value is -2.09. The SMILES string of the molecule is Cc1ccc(NSc2c(C)[nH]c(C)c2C(=O)N2CCCC2)c(C(F)(F)F)c1. The first-order valence-electron chi connectivity index (χ1n) is 8.77. The van der Waals surface area contributed by atoms with Gasteiger partial charge in [0.1, 0.15) is 0 Å². The highest BCUT2D eigenvalue weighted by molar-refractivity contribution is 8.00. The Balaban J connectivity index is 1.88. The second-order valence-corrected chi connectivity index (χ2v) is 7.65. The van der Waals surface area contributed by atoms with E-state index in [1.807, 2.05) is 13.8 Å². The molecule has 1 fully saturated rings. The average molecular weight is 397 g/mol. The number of nitrogens with zero attached hydrogens (tertiary/aromatic N) is 1. The predicted octanol–water partition coefficient (Wildman–Crippen LogP) is 5.31. The monoisotopic (exact) mass is 397 g/mol. The standard InChI is InChI=1S/C19H22F3N3OS/c1-11-6-7-15(14(10-11)19(20,21)22)24-27-17-13(3)23-12(2)16(17)18(26)25-8-4-5-9-25/h6-7,10,23-24H,4-5,8-9H2,1-3H3. The van der Waals surface area contributed by atoms with Crippen molar-refractivity contribution >= 4 is 23.5 Å². The molecule has 1 aromatic carbocycles. The predicted molar refractivity (Wildman–Crippen MR) is 101 cm³/mol. The van der Waals surface area contributed by atoms with Crippen molar-refractivity contribution in [1.29, 1.82) is 0 Å². The molecule has 1 amide bonds. The highest BCUT2D eigenvalue weighted by Crippen LogP contribution is 2.38. The van der Waals surface area contributed by atoms with Gasteiger partial charge in [-0.25, -0.2) is 0 Å². The molecule has 2 aromatic rings. The number of carbonyl (C=O) groups excluding carboxylic acids is 1. The van der Waals surface area contributed by atoms with E-state index < -0.39 is 11.7 Å². The maximum atomic E-state index is 13.3. The molecule has 0 saturated carbocycles. The van der Waals surface area contributed by atoms with Crippen LogP contribution < -0.4 is 4.72 Å². The summed E-state index contributed by atoms with van der Waals surface area (Å²) < 4.78 is 42.8. The van der Waals surface area contributed by atoms with E-state index in [1.54, 1.807) is 17.9 Å². The summed E-state index contributed by atoms with van der Waals surface area (Å²) in [5.41, 5.74) is 1.83. The van der Waals surface area contributed by atoms with Crippen LogP contribution in [0.1, 0.15) is 45.7 Å². The Morgan fingerprint density at radius 3 is 2.44 bits per heavy atom. The zero-order valence-electron chi connectivity index (χ0n) is 15.5. The lowest BCUT2D eigenvalue weighted by atomic mass is 10.1. The molecular weight excluding hydrogens is 375 g/mol. The van der Waals surface area contributed by atoms with E-state index in [0.29, 0.717) is 16.0 Å². The van der Waals surface area contributed by atoms with Gasteiger partial charge in [-0.15, -0.1) is 0 Å². The van der Waals surface area contributed by atoms with Crippen LogP contribution in [0, 0.1) is 20.8 Å². The summed E-state index contributed by atoms with van der Waals surface area (Å²) >= 11 is 1.04. The molecule has 0 unspecified atom stereocenters. The molecule has 0 aliphatic carbocycles. The Kier molecular flexibility index (Phi) is 5.46. The molecular formula is C19H22F3N3OS. The van der Waals surface area contributed by atoms with Crippen molar-refractivity contribution in [1.82, 2.24) is 9.88 Å². The van der Waals surface area contributed by atoms with Crippen LogP contribution in [0.3, 0.4) is 0 Å². The van der Waals surface area contributed by atoms with E-state index in [9.17, 15) is 18.0 Å². The Bertz CT molecular complexity index is 855. The number of rotatable bonds is 4. The lowest BCUT2D eigenvalue weighted by Crippen LogP contribution is -2.28. The summed E-state index contributed by atoms with van der Waals surface area (Å²) in [6.07, 6.45) is -2.49. The Labute approximate surface area is 160 Å². The first-order chi connectivity index (χ1) is 12.7. The third-order valence-electron chi connectivity index (χ3n) is 4.67. The molecule has 0 radical (unpaired) electrons. The van der Waals surface area contributed by atoms with E-state index in [0.717, 1.165) is 55.3 Å². The van der Waals surface area contributed by atoms with E-state index in [-0.39, 0.29) is 11.6 Å². The molecule has 1 saturated heterocycles. The number of halogens is 3. The molecule has 1 aliphatic heterocycles. The molecule has 0 atom stereocenters. The van der Waals surface area contributed by atoms with Gasteiger partial charge in [0, 0.05) is 24.5 Å². The molecule has 3 rings (SSSR count). The number of hydrogen-bond donors (Lipinski definition) is 2. The lowest BCUT2D eigenvalue weighted by molar-refractivity contribution is -0.136. The van der Waals surface area contributed by atoms with Gasteiger partial charge in [0.2, 0.25) is 0 Å². The van der Waals surface area contributed by atoms with Crippen molar-refractivity contribution in [3.63, 3.8) is 0 Å². The number of aromatic nitrogens is 1. The summed E-state index contributed by atoms with van der Waals surface area (Å²) in [5, 5.41) is 0. The van der Waals surface area contributed by atoms with Crippen LogP contribution in [0.4, 0.5) is 18.9 Å². The maximum absolute atomic E-state index is 13.3. The van der Waals surface area contributed by atoms with Crippen LogP contribution in [0.15, 0.2) is 23.1 Å². The van der Waals surface area contributed by atoms with E-state index in [1.165, 1.54) is 6.07 Å². The van der Waals surface area contributed by atoms with Gasteiger partial charge in [-0.1, -0.05) is 11.6 Å². The van der Waals surface area contributed by atoms with Crippen LogP contribution in [0.2, 0.25) is 0 Å². The quantitative estimate of drug-likeness (QED) is 0.687.